The van der Waals surface area contributed by atoms with Gasteiger partial charge in [-0.15, -0.1) is 0 Å². The van der Waals surface area contributed by atoms with Crippen molar-refractivity contribution in [3.63, 3.8) is 0 Å². The molecule has 1 aromatic rings. The van der Waals surface area contributed by atoms with Gasteiger partial charge < -0.3 is 19.7 Å². The summed E-state index contributed by atoms with van der Waals surface area (Å²) < 4.78 is 11.1. The van der Waals surface area contributed by atoms with E-state index in [0.29, 0.717) is 42.7 Å². The lowest BCUT2D eigenvalue weighted by molar-refractivity contribution is 0.171. The molecule has 5 nitrogen and oxygen atoms in total. The quantitative estimate of drug-likeness (QED) is 0.921. The molecule has 0 radical (unpaired) electrons. The number of rotatable bonds is 3. The van der Waals surface area contributed by atoms with Crippen LogP contribution in [0.5, 0.6) is 11.5 Å². The number of hydrogen-bond donors (Lipinski definition) is 1. The van der Waals surface area contributed by atoms with Gasteiger partial charge in [0.1, 0.15) is 13.2 Å². The molecule has 3 rings (SSSR count). The fourth-order valence-corrected chi connectivity index (χ4v) is 3.23. The van der Waals surface area contributed by atoms with Crippen LogP contribution < -0.4 is 14.8 Å². The number of urea groups is 1. The zero-order chi connectivity index (χ0) is 16.2. The van der Waals surface area contributed by atoms with E-state index in [0.717, 1.165) is 37.4 Å². The van der Waals surface area contributed by atoms with Crippen LogP contribution in [-0.2, 0) is 6.42 Å². The Balaban J connectivity index is 1.51. The molecule has 2 heterocycles. The van der Waals surface area contributed by atoms with Crippen molar-refractivity contribution >= 4 is 17.6 Å². The highest BCUT2D eigenvalue weighted by molar-refractivity contribution is 6.32. The zero-order valence-corrected chi connectivity index (χ0v) is 14.2. The number of ether oxygens (including phenoxy) is 2. The molecule has 2 aliphatic rings. The molecule has 0 aromatic heterocycles. The molecule has 0 aliphatic carbocycles. The summed E-state index contributed by atoms with van der Waals surface area (Å²) in [5.41, 5.74) is 1.03. The van der Waals surface area contributed by atoms with Crippen molar-refractivity contribution in [1.29, 1.82) is 0 Å². The number of carbonyl (C=O) groups excluding carboxylic acids is 1. The van der Waals surface area contributed by atoms with Gasteiger partial charge in [-0.2, -0.15) is 0 Å². The molecule has 1 N–H and O–H groups in total. The lowest BCUT2D eigenvalue weighted by Gasteiger charge is -2.30. The fourth-order valence-electron chi connectivity index (χ4n) is 2.95. The van der Waals surface area contributed by atoms with Gasteiger partial charge in [-0.05, 0) is 42.9 Å². The minimum Gasteiger partial charge on any atom is -0.486 e. The van der Waals surface area contributed by atoms with Gasteiger partial charge in [0, 0.05) is 19.6 Å². The van der Waals surface area contributed by atoms with E-state index >= 15 is 0 Å². The number of nitrogens with zero attached hydrogens (tertiary/aromatic N) is 1. The number of halogens is 1. The highest BCUT2D eigenvalue weighted by Gasteiger charge is 2.20. The average molecular weight is 339 g/mol. The molecule has 1 fully saturated rings. The van der Waals surface area contributed by atoms with Gasteiger partial charge in [0.25, 0.3) is 0 Å². The Morgan fingerprint density at radius 3 is 2.83 bits per heavy atom. The third kappa shape index (κ3) is 4.02. The molecule has 0 saturated carbocycles. The molecule has 0 spiro atoms. The fraction of sp³-hybridized carbons (Fsp3) is 0.588. The summed E-state index contributed by atoms with van der Waals surface area (Å²) in [4.78, 5) is 14.0. The van der Waals surface area contributed by atoms with Crippen molar-refractivity contribution in [2.24, 2.45) is 5.92 Å². The normalized spacial score (nSPS) is 17.9. The first-order valence-electron chi connectivity index (χ1n) is 8.24. The molecule has 6 heteroatoms. The summed E-state index contributed by atoms with van der Waals surface area (Å²) >= 11 is 6.22. The van der Waals surface area contributed by atoms with E-state index in [4.69, 9.17) is 21.1 Å². The second-order valence-electron chi connectivity index (χ2n) is 6.25. The number of likely N-dealkylation sites (tertiary alicyclic amines) is 1. The maximum Gasteiger partial charge on any atom is 0.317 e. The molecule has 0 bridgehead atoms. The third-order valence-corrected chi connectivity index (χ3v) is 4.70. The topological polar surface area (TPSA) is 50.8 Å². The Hall–Kier alpha value is -1.62. The minimum atomic E-state index is 0.0283. The summed E-state index contributed by atoms with van der Waals surface area (Å²) in [5.74, 6) is 2.03. The van der Waals surface area contributed by atoms with Gasteiger partial charge in [-0.3, -0.25) is 0 Å². The lowest BCUT2D eigenvalue weighted by atomic mass is 10.00. The van der Waals surface area contributed by atoms with E-state index in [1.807, 2.05) is 17.0 Å². The van der Waals surface area contributed by atoms with E-state index in [1.54, 1.807) is 0 Å². The number of amides is 2. The van der Waals surface area contributed by atoms with Crippen molar-refractivity contribution in [3.05, 3.63) is 22.7 Å². The van der Waals surface area contributed by atoms with Crippen LogP contribution >= 0.6 is 11.6 Å². The van der Waals surface area contributed by atoms with Crippen LogP contribution in [0.15, 0.2) is 12.1 Å². The lowest BCUT2D eigenvalue weighted by Crippen LogP contribution is -2.44. The smallest absolute Gasteiger partial charge is 0.317 e. The summed E-state index contributed by atoms with van der Waals surface area (Å²) in [5, 5.41) is 3.55. The first-order valence-corrected chi connectivity index (χ1v) is 8.62. The molecule has 0 atom stereocenters. The summed E-state index contributed by atoms with van der Waals surface area (Å²) in [6.45, 7) is 5.58. The zero-order valence-electron chi connectivity index (χ0n) is 13.4. The Morgan fingerprint density at radius 2 is 2.04 bits per heavy atom. The molecule has 2 aliphatic heterocycles. The molecule has 1 saturated heterocycles. The van der Waals surface area contributed by atoms with Gasteiger partial charge in [-0.25, -0.2) is 4.79 Å². The highest BCUT2D eigenvalue weighted by Crippen LogP contribution is 2.38. The SMILES string of the molecule is CC1CCN(C(=O)NCCc2cc(Cl)c3c(c2)OCCO3)CC1. The van der Waals surface area contributed by atoms with Crippen molar-refractivity contribution in [2.75, 3.05) is 32.8 Å². The van der Waals surface area contributed by atoms with Crippen LogP contribution in [0, 0.1) is 5.92 Å². The second-order valence-corrected chi connectivity index (χ2v) is 6.66. The molecule has 126 valence electrons. The van der Waals surface area contributed by atoms with Crippen molar-refractivity contribution in [2.45, 2.75) is 26.2 Å². The van der Waals surface area contributed by atoms with Crippen LogP contribution in [0.1, 0.15) is 25.3 Å². The van der Waals surface area contributed by atoms with E-state index in [2.05, 4.69) is 12.2 Å². The monoisotopic (exact) mass is 338 g/mol. The number of piperidine rings is 1. The maximum absolute atomic E-state index is 12.1. The largest absolute Gasteiger partial charge is 0.486 e. The molecular weight excluding hydrogens is 316 g/mol. The Kier molecular flexibility index (Phi) is 5.16. The molecule has 2 amide bonds. The second kappa shape index (κ2) is 7.30. The molecule has 0 unspecified atom stereocenters. The van der Waals surface area contributed by atoms with Crippen LogP contribution in [0.4, 0.5) is 4.79 Å². The van der Waals surface area contributed by atoms with Crippen molar-refractivity contribution in [1.82, 2.24) is 10.2 Å². The van der Waals surface area contributed by atoms with Crippen molar-refractivity contribution in [3.8, 4) is 11.5 Å². The molecule has 23 heavy (non-hydrogen) atoms. The Bertz CT molecular complexity index is 571. The average Bonchev–Trinajstić information content (AvgIpc) is 2.55. The number of benzene rings is 1. The third-order valence-electron chi connectivity index (χ3n) is 4.42. The van der Waals surface area contributed by atoms with Crippen LogP contribution in [-0.4, -0.2) is 43.8 Å². The summed E-state index contributed by atoms with van der Waals surface area (Å²) in [7, 11) is 0. The summed E-state index contributed by atoms with van der Waals surface area (Å²) in [6.07, 6.45) is 2.89. The maximum atomic E-state index is 12.1. The van der Waals surface area contributed by atoms with E-state index in [-0.39, 0.29) is 6.03 Å². The van der Waals surface area contributed by atoms with Gasteiger partial charge in [0.2, 0.25) is 0 Å². The Morgan fingerprint density at radius 1 is 1.30 bits per heavy atom. The standard InChI is InChI=1S/C17H23ClN2O3/c1-12-3-6-20(7-4-12)17(21)19-5-2-13-10-14(18)16-15(11-13)22-8-9-23-16/h10-12H,2-9H2,1H3,(H,19,21). The van der Waals surface area contributed by atoms with Gasteiger partial charge in [-0.1, -0.05) is 18.5 Å². The molecule has 1 aromatic carbocycles. The number of nitrogens with one attached hydrogen (secondary N) is 1. The minimum absolute atomic E-state index is 0.0283. The van der Waals surface area contributed by atoms with Crippen LogP contribution in [0.25, 0.3) is 0 Å². The van der Waals surface area contributed by atoms with Gasteiger partial charge in [0.05, 0.1) is 5.02 Å². The van der Waals surface area contributed by atoms with E-state index in [9.17, 15) is 4.79 Å². The highest BCUT2D eigenvalue weighted by atomic mass is 35.5. The number of hydrogen-bond acceptors (Lipinski definition) is 3. The predicted octanol–water partition coefficient (Wildman–Crippen LogP) is 3.10. The predicted molar refractivity (Wildman–Crippen MR) is 89.5 cm³/mol. The Labute approximate surface area is 141 Å². The van der Waals surface area contributed by atoms with Gasteiger partial charge >= 0.3 is 6.03 Å². The first-order chi connectivity index (χ1) is 11.1. The van der Waals surface area contributed by atoms with Crippen LogP contribution in [0.3, 0.4) is 0 Å². The number of fused-ring (bicyclic) bond motifs is 1. The van der Waals surface area contributed by atoms with E-state index < -0.39 is 0 Å². The van der Waals surface area contributed by atoms with Gasteiger partial charge in [0.15, 0.2) is 11.5 Å². The summed E-state index contributed by atoms with van der Waals surface area (Å²) in [6, 6.07) is 3.85. The van der Waals surface area contributed by atoms with Crippen LogP contribution in [0.2, 0.25) is 5.02 Å². The molecular formula is C17H23ClN2O3. The first kappa shape index (κ1) is 16.2. The van der Waals surface area contributed by atoms with Crippen molar-refractivity contribution < 1.29 is 14.3 Å². The number of carbonyl (C=O) groups is 1. The van der Waals surface area contributed by atoms with E-state index in [1.165, 1.54) is 0 Å².